The summed E-state index contributed by atoms with van der Waals surface area (Å²) in [5.41, 5.74) is 2.39. The molecule has 1 N–H and O–H groups in total. The molecule has 2 aromatic carbocycles. The molecule has 0 unspecified atom stereocenters. The van der Waals surface area contributed by atoms with Crippen molar-refractivity contribution < 1.29 is 23.7 Å². The first-order valence-electron chi connectivity index (χ1n) is 8.93. The maximum atomic E-state index is 12.5. The van der Waals surface area contributed by atoms with Crippen LogP contribution in [0.2, 0.25) is 0 Å². The average molecular weight is 412 g/mol. The number of carbonyl (C=O) groups excluding carboxylic acids is 1. The van der Waals surface area contributed by atoms with Crippen LogP contribution in [0.5, 0.6) is 23.0 Å². The summed E-state index contributed by atoms with van der Waals surface area (Å²) < 4.78 is 21.3. The minimum absolute atomic E-state index is 0.148. The second-order valence-corrected chi connectivity index (χ2v) is 7.38. The Morgan fingerprint density at radius 2 is 1.93 bits per heavy atom. The van der Waals surface area contributed by atoms with Crippen molar-refractivity contribution in [2.75, 3.05) is 32.1 Å². The molecule has 3 aromatic rings. The number of pyridine rings is 1. The lowest BCUT2D eigenvalue weighted by Crippen LogP contribution is -2.15. The zero-order chi connectivity index (χ0) is 20.4. The van der Waals surface area contributed by atoms with Gasteiger partial charge in [0.2, 0.25) is 12.7 Å². The third kappa shape index (κ3) is 4.02. The normalized spacial score (nSPS) is 12.1. The van der Waals surface area contributed by atoms with Crippen molar-refractivity contribution in [3.8, 4) is 23.0 Å². The third-order valence-corrected chi connectivity index (χ3v) is 5.57. The van der Waals surface area contributed by atoms with Crippen LogP contribution in [0.15, 0.2) is 41.4 Å². The van der Waals surface area contributed by atoms with Gasteiger partial charge in [-0.05, 0) is 36.8 Å². The smallest absolute Gasteiger partial charge is 0.234 e. The Morgan fingerprint density at radius 3 is 2.69 bits per heavy atom. The number of hydrogen-bond donors (Lipinski definition) is 1. The molecule has 7 nitrogen and oxygen atoms in total. The number of hydrogen-bond acceptors (Lipinski definition) is 7. The molecule has 1 aromatic heterocycles. The summed E-state index contributed by atoms with van der Waals surface area (Å²) in [4.78, 5) is 17.1. The van der Waals surface area contributed by atoms with Crippen LogP contribution in [0.1, 0.15) is 5.56 Å². The first-order valence-corrected chi connectivity index (χ1v) is 9.91. The number of amides is 1. The predicted molar refractivity (Wildman–Crippen MR) is 112 cm³/mol. The van der Waals surface area contributed by atoms with Gasteiger partial charge in [0, 0.05) is 17.5 Å². The monoisotopic (exact) mass is 412 g/mol. The number of rotatable bonds is 6. The van der Waals surface area contributed by atoms with Crippen molar-refractivity contribution in [3.63, 3.8) is 0 Å². The summed E-state index contributed by atoms with van der Waals surface area (Å²) in [6.07, 6.45) is 0. The van der Waals surface area contributed by atoms with Crippen LogP contribution in [0.4, 0.5) is 5.69 Å². The van der Waals surface area contributed by atoms with Crippen molar-refractivity contribution in [2.24, 2.45) is 0 Å². The third-order valence-electron chi connectivity index (χ3n) is 4.48. The minimum atomic E-state index is -0.148. The van der Waals surface area contributed by atoms with E-state index < -0.39 is 0 Å². The first-order chi connectivity index (χ1) is 14.1. The van der Waals surface area contributed by atoms with Crippen molar-refractivity contribution in [3.05, 3.63) is 42.0 Å². The molecule has 0 radical (unpaired) electrons. The number of fused-ring (bicyclic) bond motifs is 2. The summed E-state index contributed by atoms with van der Waals surface area (Å²) in [5.74, 6) is 2.69. The van der Waals surface area contributed by atoms with Gasteiger partial charge in [0.15, 0.2) is 11.5 Å². The molecule has 1 aliphatic rings. The lowest BCUT2D eigenvalue weighted by atomic mass is 10.1. The van der Waals surface area contributed by atoms with E-state index in [9.17, 15) is 4.79 Å². The number of methoxy groups -OCH3 is 2. The van der Waals surface area contributed by atoms with E-state index in [1.807, 2.05) is 25.1 Å². The van der Waals surface area contributed by atoms with Crippen LogP contribution in [0, 0.1) is 6.92 Å². The molecule has 0 spiro atoms. The molecular weight excluding hydrogens is 392 g/mol. The summed E-state index contributed by atoms with van der Waals surface area (Å²) in [7, 11) is 3.13. The zero-order valence-electron chi connectivity index (χ0n) is 16.3. The molecule has 150 valence electrons. The van der Waals surface area contributed by atoms with E-state index in [1.54, 1.807) is 32.4 Å². The highest BCUT2D eigenvalue weighted by Crippen LogP contribution is 2.37. The summed E-state index contributed by atoms with van der Waals surface area (Å²) in [5, 5.41) is 4.64. The van der Waals surface area contributed by atoms with Gasteiger partial charge in [-0.15, -0.1) is 0 Å². The van der Waals surface area contributed by atoms with Crippen molar-refractivity contribution in [1.29, 1.82) is 0 Å². The molecule has 1 amide bonds. The van der Waals surface area contributed by atoms with Crippen molar-refractivity contribution in [1.82, 2.24) is 4.98 Å². The predicted octanol–water partition coefficient (Wildman–Crippen LogP) is 4.02. The van der Waals surface area contributed by atoms with Crippen LogP contribution in [0.3, 0.4) is 0 Å². The molecule has 1 aliphatic heterocycles. The van der Waals surface area contributed by atoms with Gasteiger partial charge in [-0.1, -0.05) is 11.8 Å². The fourth-order valence-corrected chi connectivity index (χ4v) is 3.81. The second kappa shape index (κ2) is 8.08. The van der Waals surface area contributed by atoms with E-state index in [-0.39, 0.29) is 18.5 Å². The largest absolute Gasteiger partial charge is 0.497 e. The van der Waals surface area contributed by atoms with E-state index in [2.05, 4.69) is 5.32 Å². The number of nitrogens with one attached hydrogen (secondary N) is 1. The van der Waals surface area contributed by atoms with Crippen LogP contribution in [-0.2, 0) is 4.79 Å². The SMILES string of the molecule is COc1ccc(NC(=O)CSc2nc3cc4c(cc3cc2C)OCO4)c(OC)c1. The number of benzene rings is 2. The summed E-state index contributed by atoms with van der Waals surface area (Å²) in [6.45, 7) is 2.20. The number of thioether (sulfide) groups is 1. The molecule has 0 saturated heterocycles. The van der Waals surface area contributed by atoms with Crippen molar-refractivity contribution >= 4 is 34.3 Å². The number of anilines is 1. The highest BCUT2D eigenvalue weighted by molar-refractivity contribution is 8.00. The number of aryl methyl sites for hydroxylation is 1. The van der Waals surface area contributed by atoms with E-state index >= 15 is 0 Å². The van der Waals surface area contributed by atoms with Crippen LogP contribution < -0.4 is 24.3 Å². The Hall–Kier alpha value is -3.13. The number of nitrogens with zero attached hydrogens (tertiary/aromatic N) is 1. The lowest BCUT2D eigenvalue weighted by Gasteiger charge is -2.12. The van der Waals surface area contributed by atoms with E-state index in [1.165, 1.54) is 11.8 Å². The van der Waals surface area contributed by atoms with Gasteiger partial charge < -0.3 is 24.3 Å². The van der Waals surface area contributed by atoms with Gasteiger partial charge in [-0.2, -0.15) is 0 Å². The first kappa shape index (κ1) is 19.2. The summed E-state index contributed by atoms with van der Waals surface area (Å²) in [6, 6.07) is 11.1. The van der Waals surface area contributed by atoms with Gasteiger partial charge in [0.05, 0.1) is 31.2 Å². The Labute approximate surface area is 172 Å². The average Bonchev–Trinajstić information content (AvgIpc) is 3.18. The van der Waals surface area contributed by atoms with Gasteiger partial charge >= 0.3 is 0 Å². The minimum Gasteiger partial charge on any atom is -0.497 e. The Balaban J connectivity index is 1.47. The summed E-state index contributed by atoms with van der Waals surface area (Å²) >= 11 is 1.38. The maximum Gasteiger partial charge on any atom is 0.234 e. The van der Waals surface area contributed by atoms with Crippen molar-refractivity contribution in [2.45, 2.75) is 11.9 Å². The Morgan fingerprint density at radius 1 is 1.14 bits per heavy atom. The fourth-order valence-electron chi connectivity index (χ4n) is 3.02. The maximum absolute atomic E-state index is 12.5. The number of ether oxygens (including phenoxy) is 4. The number of carbonyl (C=O) groups is 1. The van der Waals surface area contributed by atoms with Crippen LogP contribution in [-0.4, -0.2) is 37.7 Å². The van der Waals surface area contributed by atoms with Crippen LogP contribution in [0.25, 0.3) is 10.9 Å². The number of aromatic nitrogens is 1. The molecule has 0 aliphatic carbocycles. The van der Waals surface area contributed by atoms with E-state index in [0.717, 1.165) is 27.2 Å². The zero-order valence-corrected chi connectivity index (χ0v) is 17.1. The second-order valence-electron chi connectivity index (χ2n) is 6.41. The lowest BCUT2D eigenvalue weighted by molar-refractivity contribution is -0.113. The molecule has 29 heavy (non-hydrogen) atoms. The highest BCUT2D eigenvalue weighted by Gasteiger charge is 2.16. The van der Waals surface area contributed by atoms with Gasteiger partial charge in [-0.3, -0.25) is 4.79 Å². The quantitative estimate of drug-likeness (QED) is 0.613. The molecule has 8 heteroatoms. The highest BCUT2D eigenvalue weighted by atomic mass is 32.2. The molecule has 0 atom stereocenters. The topological polar surface area (TPSA) is 78.9 Å². The molecule has 0 fully saturated rings. The van der Waals surface area contributed by atoms with Crippen LogP contribution >= 0.6 is 11.8 Å². The molecular formula is C21H20N2O5S. The standard InChI is InChI=1S/C21H20N2O5S/c1-12-6-13-7-18-19(28-11-27-18)9-16(13)23-21(12)29-10-20(24)22-15-5-4-14(25-2)8-17(15)26-3/h4-9H,10-11H2,1-3H3,(H,22,24). The van der Waals surface area contributed by atoms with E-state index in [0.29, 0.717) is 22.9 Å². The molecule has 0 saturated carbocycles. The molecule has 0 bridgehead atoms. The molecule has 2 heterocycles. The molecule has 4 rings (SSSR count). The fraction of sp³-hybridized carbons (Fsp3) is 0.238. The van der Waals surface area contributed by atoms with E-state index in [4.69, 9.17) is 23.9 Å². The Bertz CT molecular complexity index is 1090. The van der Waals surface area contributed by atoms with Gasteiger partial charge in [0.1, 0.15) is 16.5 Å². The van der Waals surface area contributed by atoms with Gasteiger partial charge in [-0.25, -0.2) is 4.98 Å². The Kier molecular flexibility index (Phi) is 5.35. The van der Waals surface area contributed by atoms with Gasteiger partial charge in [0.25, 0.3) is 0 Å².